The first-order valence-electron chi connectivity index (χ1n) is 6.72. The molecular weight excluding hydrogens is 284 g/mol. The first-order valence-corrected chi connectivity index (χ1v) is 8.20. The molecule has 0 saturated carbocycles. The maximum Gasteiger partial charge on any atom is 0.276 e. The minimum Gasteiger partial charge on any atom is -0.200 e. The van der Waals surface area contributed by atoms with E-state index in [1.165, 1.54) is 5.56 Å². The molecule has 2 aromatic carbocycles. The lowest BCUT2D eigenvalue weighted by Crippen LogP contribution is -2.18. The molecule has 0 spiro atoms. The smallest absolute Gasteiger partial charge is 0.200 e. The Morgan fingerprint density at radius 2 is 1.71 bits per heavy atom. The number of aryl methyl sites for hydroxylation is 2. The molecule has 5 heteroatoms. The van der Waals surface area contributed by atoms with Gasteiger partial charge in [0.2, 0.25) is 0 Å². The van der Waals surface area contributed by atoms with E-state index in [1.807, 2.05) is 37.3 Å². The second-order valence-electron chi connectivity index (χ2n) is 4.74. The zero-order valence-corrected chi connectivity index (χ0v) is 12.7. The van der Waals surface area contributed by atoms with Crippen molar-refractivity contribution in [3.05, 3.63) is 65.7 Å². The molecule has 0 radical (unpaired) electrons. The van der Waals surface area contributed by atoms with Gasteiger partial charge in [-0.25, -0.2) is 4.83 Å². The Balaban J connectivity index is 1.87. The van der Waals surface area contributed by atoms with Crippen LogP contribution >= 0.6 is 0 Å². The first-order chi connectivity index (χ1) is 10.1. The molecular formula is C16H18N2O2S. The maximum atomic E-state index is 12.0. The normalized spacial score (nSPS) is 11.7. The summed E-state index contributed by atoms with van der Waals surface area (Å²) in [5, 5.41) is 3.79. The highest BCUT2D eigenvalue weighted by Crippen LogP contribution is 2.09. The van der Waals surface area contributed by atoms with Gasteiger partial charge in [-0.15, -0.1) is 0 Å². The van der Waals surface area contributed by atoms with E-state index < -0.39 is 10.0 Å². The number of hydrogen-bond donors (Lipinski definition) is 1. The van der Waals surface area contributed by atoms with Gasteiger partial charge >= 0.3 is 0 Å². The number of nitrogens with zero attached hydrogens (tertiary/aromatic N) is 1. The van der Waals surface area contributed by atoms with E-state index in [9.17, 15) is 8.42 Å². The fraction of sp³-hybridized carbons (Fsp3) is 0.188. The van der Waals surface area contributed by atoms with Crippen LogP contribution in [0.3, 0.4) is 0 Å². The lowest BCUT2D eigenvalue weighted by molar-refractivity contribution is 0.584. The summed E-state index contributed by atoms with van der Waals surface area (Å²) in [4.78, 5) is 2.44. The SMILES string of the molecule is Cc1ccc(S(=O)(=O)N/N=C\CCc2ccccc2)cc1. The molecule has 1 N–H and O–H groups in total. The quantitative estimate of drug-likeness (QED) is 0.659. The number of sulfonamides is 1. The number of nitrogens with one attached hydrogen (secondary N) is 1. The van der Waals surface area contributed by atoms with Crippen molar-refractivity contribution in [2.75, 3.05) is 0 Å². The van der Waals surface area contributed by atoms with E-state index in [2.05, 4.69) is 9.93 Å². The average Bonchev–Trinajstić information content (AvgIpc) is 2.48. The highest BCUT2D eigenvalue weighted by atomic mass is 32.2. The summed E-state index contributed by atoms with van der Waals surface area (Å²) in [5.41, 5.74) is 2.21. The second kappa shape index (κ2) is 7.04. The van der Waals surface area contributed by atoms with Gasteiger partial charge in [0.15, 0.2) is 0 Å². The molecule has 0 unspecified atom stereocenters. The molecule has 0 heterocycles. The van der Waals surface area contributed by atoms with Gasteiger partial charge in [-0.3, -0.25) is 0 Å². The largest absolute Gasteiger partial charge is 0.276 e. The summed E-state index contributed by atoms with van der Waals surface area (Å²) >= 11 is 0. The van der Waals surface area contributed by atoms with Crippen molar-refractivity contribution in [2.45, 2.75) is 24.7 Å². The van der Waals surface area contributed by atoms with Crippen LogP contribution in [0.5, 0.6) is 0 Å². The van der Waals surface area contributed by atoms with Crippen molar-refractivity contribution in [3.8, 4) is 0 Å². The minimum absolute atomic E-state index is 0.216. The molecule has 0 aliphatic rings. The minimum atomic E-state index is -3.57. The van der Waals surface area contributed by atoms with E-state index in [1.54, 1.807) is 30.5 Å². The topological polar surface area (TPSA) is 58.5 Å². The molecule has 0 bridgehead atoms. The monoisotopic (exact) mass is 302 g/mol. The lowest BCUT2D eigenvalue weighted by atomic mass is 10.1. The Kier molecular flexibility index (Phi) is 5.11. The molecule has 0 saturated heterocycles. The zero-order chi connectivity index (χ0) is 15.1. The fourth-order valence-electron chi connectivity index (χ4n) is 1.82. The molecule has 0 aliphatic heterocycles. The van der Waals surface area contributed by atoms with Crippen LogP contribution in [0.15, 0.2) is 64.6 Å². The highest BCUT2D eigenvalue weighted by molar-refractivity contribution is 7.89. The van der Waals surface area contributed by atoms with Crippen molar-refractivity contribution >= 4 is 16.2 Å². The number of rotatable bonds is 6. The Morgan fingerprint density at radius 1 is 1.05 bits per heavy atom. The van der Waals surface area contributed by atoms with Crippen molar-refractivity contribution in [3.63, 3.8) is 0 Å². The van der Waals surface area contributed by atoms with E-state index in [0.29, 0.717) is 6.42 Å². The lowest BCUT2D eigenvalue weighted by Gasteiger charge is -2.03. The zero-order valence-electron chi connectivity index (χ0n) is 11.9. The Hall–Kier alpha value is -2.14. The van der Waals surface area contributed by atoms with Crippen LogP contribution in [0, 0.1) is 6.92 Å². The van der Waals surface area contributed by atoms with Gasteiger partial charge in [-0.2, -0.15) is 13.5 Å². The molecule has 0 fully saturated rings. The van der Waals surface area contributed by atoms with Crippen molar-refractivity contribution < 1.29 is 8.42 Å². The van der Waals surface area contributed by atoms with Crippen LogP contribution in [0.1, 0.15) is 17.5 Å². The molecule has 110 valence electrons. The molecule has 2 aromatic rings. The van der Waals surface area contributed by atoms with E-state index in [0.717, 1.165) is 12.0 Å². The molecule has 4 nitrogen and oxygen atoms in total. The summed E-state index contributed by atoms with van der Waals surface area (Å²) in [7, 11) is -3.57. The standard InChI is InChI=1S/C16H18N2O2S/c1-14-9-11-16(12-10-14)21(19,20)18-17-13-5-8-15-6-3-2-4-7-15/h2-4,6-7,9-13,18H,5,8H2,1H3/b17-13-. The average molecular weight is 302 g/mol. The van der Waals surface area contributed by atoms with Crippen LogP contribution < -0.4 is 4.83 Å². The van der Waals surface area contributed by atoms with Crippen LogP contribution in [-0.2, 0) is 16.4 Å². The summed E-state index contributed by atoms with van der Waals surface area (Å²) in [6, 6.07) is 16.6. The predicted molar refractivity (Wildman–Crippen MR) is 84.8 cm³/mol. The van der Waals surface area contributed by atoms with Crippen molar-refractivity contribution in [1.29, 1.82) is 0 Å². The third kappa shape index (κ3) is 4.72. The van der Waals surface area contributed by atoms with E-state index >= 15 is 0 Å². The Bertz CT molecular complexity index is 693. The van der Waals surface area contributed by atoms with Gasteiger partial charge in [0.25, 0.3) is 10.0 Å². The number of hydrogen-bond acceptors (Lipinski definition) is 3. The van der Waals surface area contributed by atoms with Crippen molar-refractivity contribution in [1.82, 2.24) is 4.83 Å². The first kappa shape index (κ1) is 15.3. The Morgan fingerprint density at radius 3 is 2.38 bits per heavy atom. The third-order valence-electron chi connectivity index (χ3n) is 3.00. The van der Waals surface area contributed by atoms with Gasteiger partial charge in [0, 0.05) is 6.21 Å². The Labute approximate surface area is 125 Å². The van der Waals surface area contributed by atoms with Gasteiger partial charge in [0.05, 0.1) is 4.90 Å². The molecule has 21 heavy (non-hydrogen) atoms. The summed E-state index contributed by atoms with van der Waals surface area (Å²) in [6.45, 7) is 1.91. The van der Waals surface area contributed by atoms with Crippen molar-refractivity contribution in [2.24, 2.45) is 5.10 Å². The third-order valence-corrected chi connectivity index (χ3v) is 4.24. The molecule has 2 rings (SSSR count). The van der Waals surface area contributed by atoms with Gasteiger partial charge in [-0.05, 0) is 37.5 Å². The second-order valence-corrected chi connectivity index (χ2v) is 6.40. The van der Waals surface area contributed by atoms with Crippen LogP contribution in [-0.4, -0.2) is 14.6 Å². The summed E-state index contributed by atoms with van der Waals surface area (Å²) in [5.74, 6) is 0. The fourth-order valence-corrected chi connectivity index (χ4v) is 2.63. The number of benzene rings is 2. The van der Waals surface area contributed by atoms with Crippen LogP contribution in [0.2, 0.25) is 0 Å². The van der Waals surface area contributed by atoms with Crippen LogP contribution in [0.25, 0.3) is 0 Å². The summed E-state index contributed by atoms with van der Waals surface area (Å²) < 4.78 is 23.9. The van der Waals surface area contributed by atoms with Crippen LogP contribution in [0.4, 0.5) is 0 Å². The van der Waals surface area contributed by atoms with Gasteiger partial charge in [0.1, 0.15) is 0 Å². The summed E-state index contributed by atoms with van der Waals surface area (Å²) in [6.07, 6.45) is 3.09. The molecule has 0 atom stereocenters. The number of hydrazone groups is 1. The molecule has 0 amide bonds. The maximum absolute atomic E-state index is 12.0. The highest BCUT2D eigenvalue weighted by Gasteiger charge is 2.11. The molecule has 0 aliphatic carbocycles. The van der Waals surface area contributed by atoms with Gasteiger partial charge in [-0.1, -0.05) is 48.0 Å². The molecule has 0 aromatic heterocycles. The predicted octanol–water partition coefficient (Wildman–Crippen LogP) is 2.89. The van der Waals surface area contributed by atoms with Gasteiger partial charge < -0.3 is 0 Å². The van der Waals surface area contributed by atoms with E-state index in [4.69, 9.17) is 0 Å². The van der Waals surface area contributed by atoms with E-state index in [-0.39, 0.29) is 4.90 Å².